The lowest BCUT2D eigenvalue weighted by Crippen LogP contribution is -2.38. The van der Waals surface area contributed by atoms with Crippen molar-refractivity contribution in [3.8, 4) is 17.2 Å². The van der Waals surface area contributed by atoms with E-state index in [4.69, 9.17) is 23.7 Å². The smallest absolute Gasteiger partial charge is 0.407 e. The molecule has 1 heterocycles. The van der Waals surface area contributed by atoms with Gasteiger partial charge in [-0.25, -0.2) is 4.79 Å². The molecule has 1 fully saturated rings. The van der Waals surface area contributed by atoms with Crippen LogP contribution in [0.1, 0.15) is 12.0 Å². The molecule has 1 amide bonds. The number of amides is 1. The summed E-state index contributed by atoms with van der Waals surface area (Å²) in [4.78, 5) is 26.1. The van der Waals surface area contributed by atoms with Crippen LogP contribution in [0.3, 0.4) is 0 Å². The molecule has 0 radical (unpaired) electrons. The van der Waals surface area contributed by atoms with Crippen LogP contribution in [0, 0.1) is 0 Å². The number of nitrogens with one attached hydrogen (secondary N) is 1. The van der Waals surface area contributed by atoms with E-state index in [0.717, 1.165) is 5.56 Å². The second kappa shape index (κ2) is 10.6. The highest BCUT2D eigenvalue weighted by molar-refractivity contribution is 5.76. The van der Waals surface area contributed by atoms with Gasteiger partial charge in [-0.05, 0) is 6.42 Å². The van der Waals surface area contributed by atoms with Crippen LogP contribution >= 0.6 is 0 Å². The maximum absolute atomic E-state index is 12.3. The quantitative estimate of drug-likeness (QED) is 0.488. The van der Waals surface area contributed by atoms with E-state index in [1.54, 1.807) is 33.5 Å². The van der Waals surface area contributed by atoms with Crippen molar-refractivity contribution < 1.29 is 33.3 Å². The lowest BCUT2D eigenvalue weighted by molar-refractivity contribution is -0.146. The van der Waals surface area contributed by atoms with Crippen LogP contribution in [0.2, 0.25) is 0 Å². The zero-order valence-electron chi connectivity index (χ0n) is 17.2. The van der Waals surface area contributed by atoms with Gasteiger partial charge in [0.25, 0.3) is 0 Å². The molecule has 1 aromatic rings. The highest BCUT2D eigenvalue weighted by atomic mass is 16.5. The Morgan fingerprint density at radius 1 is 1.17 bits per heavy atom. The second-order valence-corrected chi connectivity index (χ2v) is 6.44. The monoisotopic (exact) mass is 408 g/mol. The molecule has 0 saturated carbocycles. The Kier molecular flexibility index (Phi) is 8.14. The van der Waals surface area contributed by atoms with Gasteiger partial charge in [0.1, 0.15) is 29.9 Å². The maximum atomic E-state index is 12.3. The fourth-order valence-corrected chi connectivity index (χ4v) is 3.34. The van der Waals surface area contributed by atoms with E-state index in [1.807, 2.05) is 4.90 Å². The zero-order chi connectivity index (χ0) is 21.4. The van der Waals surface area contributed by atoms with E-state index < -0.39 is 12.1 Å². The summed E-state index contributed by atoms with van der Waals surface area (Å²) in [5, 5.41) is 2.77. The van der Waals surface area contributed by atoms with Gasteiger partial charge in [0.2, 0.25) is 0 Å². The molecule has 0 bridgehead atoms. The number of nitrogens with zero attached hydrogens (tertiary/aromatic N) is 1. The fourth-order valence-electron chi connectivity index (χ4n) is 3.34. The summed E-state index contributed by atoms with van der Waals surface area (Å²) in [6.45, 7) is 4.41. The third kappa shape index (κ3) is 5.54. The van der Waals surface area contributed by atoms with E-state index in [0.29, 0.717) is 36.8 Å². The molecule has 9 heteroatoms. The van der Waals surface area contributed by atoms with E-state index in [2.05, 4.69) is 11.9 Å². The molecule has 1 aliphatic heterocycles. The molecule has 2 rings (SSSR count). The molecule has 1 N–H and O–H groups in total. The van der Waals surface area contributed by atoms with Gasteiger partial charge >= 0.3 is 12.1 Å². The van der Waals surface area contributed by atoms with Crippen LogP contribution < -0.4 is 19.5 Å². The Morgan fingerprint density at radius 2 is 1.83 bits per heavy atom. The molecule has 0 unspecified atom stereocenters. The van der Waals surface area contributed by atoms with E-state index in [9.17, 15) is 9.59 Å². The molecule has 0 spiro atoms. The first-order valence-corrected chi connectivity index (χ1v) is 9.12. The number of alkyl carbamates (subject to hydrolysis) is 1. The Balaban J connectivity index is 2.23. The number of rotatable bonds is 9. The number of ether oxygens (including phenoxy) is 5. The van der Waals surface area contributed by atoms with Gasteiger partial charge in [-0.3, -0.25) is 9.69 Å². The average molecular weight is 408 g/mol. The minimum Gasteiger partial charge on any atom is -0.496 e. The standard InChI is InChI=1S/C20H28N2O7/c1-6-7-29-20(24)21-13-8-16(19(23)28-5)22(11-13)12-15-17(26-3)9-14(25-2)10-18(15)27-4/h6,9-10,13,16H,1,7-8,11-12H2,2-5H3,(H,21,24)/t13-,16-/m0/s1. The number of benzene rings is 1. The van der Waals surface area contributed by atoms with Crippen LogP contribution in [0.15, 0.2) is 24.8 Å². The Morgan fingerprint density at radius 3 is 2.34 bits per heavy atom. The zero-order valence-corrected chi connectivity index (χ0v) is 17.2. The summed E-state index contributed by atoms with van der Waals surface area (Å²) >= 11 is 0. The van der Waals surface area contributed by atoms with Crippen molar-refractivity contribution in [2.45, 2.75) is 25.0 Å². The van der Waals surface area contributed by atoms with Gasteiger partial charge in [0.15, 0.2) is 0 Å². The number of esters is 1. The third-order valence-corrected chi connectivity index (χ3v) is 4.71. The third-order valence-electron chi connectivity index (χ3n) is 4.71. The fraction of sp³-hybridized carbons (Fsp3) is 0.500. The van der Waals surface area contributed by atoms with Crippen molar-refractivity contribution in [1.29, 1.82) is 0 Å². The number of carbonyl (C=O) groups is 2. The molecular formula is C20H28N2O7. The van der Waals surface area contributed by atoms with Gasteiger partial charge in [-0.15, -0.1) is 0 Å². The first-order valence-electron chi connectivity index (χ1n) is 9.12. The maximum Gasteiger partial charge on any atom is 0.407 e. The van der Waals surface area contributed by atoms with Crippen LogP contribution in [-0.4, -0.2) is 70.6 Å². The van der Waals surface area contributed by atoms with Gasteiger partial charge in [-0.1, -0.05) is 12.7 Å². The second-order valence-electron chi connectivity index (χ2n) is 6.44. The minimum atomic E-state index is -0.556. The predicted molar refractivity (Wildman–Crippen MR) is 105 cm³/mol. The summed E-state index contributed by atoms with van der Waals surface area (Å²) < 4.78 is 26.2. The molecule has 9 nitrogen and oxygen atoms in total. The summed E-state index contributed by atoms with van der Waals surface area (Å²) in [6, 6.07) is 2.71. The lowest BCUT2D eigenvalue weighted by atomic mass is 10.1. The highest BCUT2D eigenvalue weighted by Crippen LogP contribution is 2.36. The Bertz CT molecular complexity index is 713. The van der Waals surface area contributed by atoms with Gasteiger partial charge in [-0.2, -0.15) is 0 Å². The van der Waals surface area contributed by atoms with Gasteiger partial charge in [0.05, 0.1) is 34.0 Å². The van der Waals surface area contributed by atoms with Crippen molar-refractivity contribution in [3.05, 3.63) is 30.4 Å². The Labute approximate surface area is 170 Å². The summed E-state index contributed by atoms with van der Waals surface area (Å²) in [7, 11) is 6.01. The molecule has 1 aromatic carbocycles. The molecule has 1 saturated heterocycles. The van der Waals surface area contributed by atoms with Crippen LogP contribution in [0.5, 0.6) is 17.2 Å². The molecule has 1 aliphatic rings. The first-order chi connectivity index (χ1) is 14.0. The predicted octanol–water partition coefficient (Wildman–Crippen LogP) is 1.74. The Hall–Kier alpha value is -2.94. The average Bonchev–Trinajstić information content (AvgIpc) is 3.13. The molecule has 160 valence electrons. The van der Waals surface area contributed by atoms with Crippen LogP contribution in [0.4, 0.5) is 4.79 Å². The van der Waals surface area contributed by atoms with Crippen molar-refractivity contribution in [2.24, 2.45) is 0 Å². The number of hydrogen-bond donors (Lipinski definition) is 1. The van der Waals surface area contributed by atoms with Crippen LogP contribution in [-0.2, 0) is 20.8 Å². The van der Waals surface area contributed by atoms with Crippen LogP contribution in [0.25, 0.3) is 0 Å². The summed E-state index contributed by atoms with van der Waals surface area (Å²) in [5.41, 5.74) is 0.764. The molecule has 0 aromatic heterocycles. The largest absolute Gasteiger partial charge is 0.496 e. The SMILES string of the molecule is C=CCOC(=O)N[C@H]1C[C@@H](C(=O)OC)N(Cc2c(OC)cc(OC)cc2OC)C1. The summed E-state index contributed by atoms with van der Waals surface area (Å²) in [6.07, 6.45) is 1.33. The highest BCUT2D eigenvalue weighted by Gasteiger charge is 2.39. The topological polar surface area (TPSA) is 95.6 Å². The molecular weight excluding hydrogens is 380 g/mol. The van der Waals surface area contributed by atoms with Gasteiger partial charge in [0, 0.05) is 31.3 Å². The van der Waals surface area contributed by atoms with Crippen molar-refractivity contribution >= 4 is 12.1 Å². The number of hydrogen-bond acceptors (Lipinski definition) is 8. The molecule has 0 aliphatic carbocycles. The first kappa shape index (κ1) is 22.4. The van der Waals surface area contributed by atoms with Crippen molar-refractivity contribution in [2.75, 3.05) is 41.6 Å². The van der Waals surface area contributed by atoms with E-state index >= 15 is 0 Å². The number of methoxy groups -OCH3 is 4. The van der Waals surface area contributed by atoms with E-state index in [1.165, 1.54) is 13.2 Å². The lowest BCUT2D eigenvalue weighted by Gasteiger charge is -2.24. The normalized spacial score (nSPS) is 18.6. The number of carbonyl (C=O) groups excluding carboxylic acids is 2. The summed E-state index contributed by atoms with van der Waals surface area (Å²) in [5.74, 6) is 1.37. The minimum absolute atomic E-state index is 0.114. The van der Waals surface area contributed by atoms with E-state index in [-0.39, 0.29) is 18.6 Å². The van der Waals surface area contributed by atoms with Crippen molar-refractivity contribution in [3.63, 3.8) is 0 Å². The molecule has 2 atom stereocenters. The number of likely N-dealkylation sites (tertiary alicyclic amines) is 1. The molecule has 29 heavy (non-hydrogen) atoms. The van der Waals surface area contributed by atoms with Crippen molar-refractivity contribution in [1.82, 2.24) is 10.2 Å². The van der Waals surface area contributed by atoms with Gasteiger partial charge < -0.3 is 29.0 Å².